The fourth-order valence-corrected chi connectivity index (χ4v) is 2.71. The molecular weight excluding hydrogens is 218 g/mol. The predicted octanol–water partition coefficient (Wildman–Crippen LogP) is -0.148. The van der Waals surface area contributed by atoms with E-state index < -0.39 is 11.0 Å². The van der Waals surface area contributed by atoms with Crippen molar-refractivity contribution in [1.29, 1.82) is 0 Å². The molecular formula is C12H21N3O2. The van der Waals surface area contributed by atoms with E-state index in [4.69, 9.17) is 5.73 Å². The van der Waals surface area contributed by atoms with Crippen LogP contribution in [0.15, 0.2) is 0 Å². The zero-order valence-corrected chi connectivity index (χ0v) is 10.6. The van der Waals surface area contributed by atoms with E-state index in [2.05, 4.69) is 5.32 Å². The van der Waals surface area contributed by atoms with Crippen molar-refractivity contribution in [3.05, 3.63) is 0 Å². The normalized spacial score (nSPS) is 30.9. The molecule has 5 nitrogen and oxygen atoms in total. The number of hydrogen-bond acceptors (Lipinski definition) is 3. The van der Waals surface area contributed by atoms with Crippen LogP contribution in [-0.4, -0.2) is 42.4 Å². The van der Waals surface area contributed by atoms with Crippen molar-refractivity contribution in [3.8, 4) is 0 Å². The number of nitrogens with two attached hydrogens (primary N) is 1. The fraction of sp³-hybridized carbons (Fsp3) is 0.833. The van der Waals surface area contributed by atoms with E-state index in [0.29, 0.717) is 19.5 Å². The molecule has 0 radical (unpaired) electrons. The largest absolute Gasteiger partial charge is 0.359 e. The molecule has 17 heavy (non-hydrogen) atoms. The first-order valence-electron chi connectivity index (χ1n) is 6.22. The van der Waals surface area contributed by atoms with E-state index in [0.717, 1.165) is 19.3 Å². The van der Waals surface area contributed by atoms with E-state index in [1.54, 1.807) is 11.9 Å². The predicted molar refractivity (Wildman–Crippen MR) is 64.1 cm³/mol. The third-order valence-corrected chi connectivity index (χ3v) is 4.21. The van der Waals surface area contributed by atoms with E-state index in [9.17, 15) is 9.59 Å². The summed E-state index contributed by atoms with van der Waals surface area (Å²) >= 11 is 0. The average Bonchev–Trinajstić information content (AvgIpc) is 2.68. The lowest BCUT2D eigenvalue weighted by Gasteiger charge is -2.39. The van der Waals surface area contributed by atoms with Crippen molar-refractivity contribution in [2.45, 2.75) is 38.1 Å². The maximum absolute atomic E-state index is 12.2. The van der Waals surface area contributed by atoms with E-state index in [-0.39, 0.29) is 11.8 Å². The summed E-state index contributed by atoms with van der Waals surface area (Å²) in [5.41, 5.74) is 4.93. The highest BCUT2D eigenvalue weighted by Gasteiger charge is 2.48. The van der Waals surface area contributed by atoms with E-state index in [1.165, 1.54) is 0 Å². The molecule has 5 heteroatoms. The Hall–Kier alpha value is -1.10. The maximum atomic E-state index is 12.2. The number of nitrogens with one attached hydrogen (secondary N) is 1. The first-order valence-corrected chi connectivity index (χ1v) is 6.22. The standard InChI is InChI=1S/C12H21N3O2/c1-11(9(16)14-2)6-7-15(8-11)10(17)12(13)4-3-5-12/h3-8,13H2,1-2H3,(H,14,16). The molecule has 1 saturated carbocycles. The smallest absolute Gasteiger partial charge is 0.242 e. The van der Waals surface area contributed by atoms with Crippen LogP contribution in [0.25, 0.3) is 0 Å². The molecule has 0 aromatic rings. The zero-order chi connectivity index (χ0) is 12.7. The van der Waals surface area contributed by atoms with E-state index in [1.807, 2.05) is 6.92 Å². The molecule has 1 aliphatic carbocycles. The summed E-state index contributed by atoms with van der Waals surface area (Å²) in [6.45, 7) is 3.04. The third-order valence-electron chi connectivity index (χ3n) is 4.21. The lowest BCUT2D eigenvalue weighted by Crippen LogP contribution is -2.59. The minimum absolute atomic E-state index is 0.00693. The second-order valence-electron chi connectivity index (χ2n) is 5.63. The molecule has 0 spiro atoms. The van der Waals surface area contributed by atoms with Crippen LogP contribution >= 0.6 is 0 Å². The summed E-state index contributed by atoms with van der Waals surface area (Å²) in [6.07, 6.45) is 3.30. The number of hydrogen-bond donors (Lipinski definition) is 2. The summed E-state index contributed by atoms with van der Waals surface area (Å²) in [5.74, 6) is 0.0314. The van der Waals surface area contributed by atoms with Crippen LogP contribution in [0.4, 0.5) is 0 Å². The Morgan fingerprint density at radius 2 is 1.94 bits per heavy atom. The SMILES string of the molecule is CNC(=O)C1(C)CCN(C(=O)C2(N)CCC2)C1. The Morgan fingerprint density at radius 3 is 2.41 bits per heavy atom. The monoisotopic (exact) mass is 239 g/mol. The molecule has 2 amide bonds. The number of likely N-dealkylation sites (tertiary alicyclic amines) is 1. The molecule has 1 aliphatic heterocycles. The van der Waals surface area contributed by atoms with Crippen molar-refractivity contribution >= 4 is 11.8 Å². The van der Waals surface area contributed by atoms with Crippen molar-refractivity contribution in [2.24, 2.45) is 11.1 Å². The molecule has 2 fully saturated rings. The second-order valence-corrected chi connectivity index (χ2v) is 5.63. The van der Waals surface area contributed by atoms with Gasteiger partial charge in [0.2, 0.25) is 11.8 Å². The van der Waals surface area contributed by atoms with Gasteiger partial charge in [-0.1, -0.05) is 0 Å². The Balaban J connectivity index is 2.02. The summed E-state index contributed by atoms with van der Waals surface area (Å²) in [4.78, 5) is 25.7. The Labute approximate surface area is 102 Å². The highest BCUT2D eigenvalue weighted by Crippen LogP contribution is 2.36. The Morgan fingerprint density at radius 1 is 1.29 bits per heavy atom. The molecule has 1 heterocycles. The first-order chi connectivity index (χ1) is 7.91. The first kappa shape index (κ1) is 12.4. The second kappa shape index (κ2) is 3.98. The number of nitrogens with zero attached hydrogens (tertiary/aromatic N) is 1. The van der Waals surface area contributed by atoms with Crippen molar-refractivity contribution in [1.82, 2.24) is 10.2 Å². The fourth-order valence-electron chi connectivity index (χ4n) is 2.71. The van der Waals surface area contributed by atoms with Crippen molar-refractivity contribution in [2.75, 3.05) is 20.1 Å². The molecule has 1 atom stereocenters. The van der Waals surface area contributed by atoms with Crippen LogP contribution in [0.5, 0.6) is 0 Å². The highest BCUT2D eigenvalue weighted by atomic mass is 16.2. The quantitative estimate of drug-likeness (QED) is 0.704. The summed E-state index contributed by atoms with van der Waals surface area (Å²) in [7, 11) is 1.63. The summed E-state index contributed by atoms with van der Waals surface area (Å²) in [5, 5.41) is 2.67. The third kappa shape index (κ3) is 1.92. The van der Waals surface area contributed by atoms with Gasteiger partial charge >= 0.3 is 0 Å². The summed E-state index contributed by atoms with van der Waals surface area (Å²) < 4.78 is 0. The zero-order valence-electron chi connectivity index (χ0n) is 10.6. The van der Waals surface area contributed by atoms with Crippen molar-refractivity contribution in [3.63, 3.8) is 0 Å². The number of rotatable bonds is 2. The van der Waals surface area contributed by atoms with Crippen LogP contribution in [0.2, 0.25) is 0 Å². The molecule has 1 unspecified atom stereocenters. The molecule has 2 aliphatic rings. The molecule has 1 saturated heterocycles. The van der Waals surface area contributed by atoms with Gasteiger partial charge in [-0.2, -0.15) is 0 Å². The van der Waals surface area contributed by atoms with Crippen LogP contribution in [0, 0.1) is 5.41 Å². The molecule has 3 N–H and O–H groups in total. The van der Waals surface area contributed by atoms with Gasteiger partial charge < -0.3 is 16.0 Å². The Kier molecular flexibility index (Phi) is 2.89. The average molecular weight is 239 g/mol. The van der Waals surface area contributed by atoms with Gasteiger partial charge in [0.1, 0.15) is 0 Å². The van der Waals surface area contributed by atoms with Gasteiger partial charge in [0.25, 0.3) is 0 Å². The van der Waals surface area contributed by atoms with Gasteiger partial charge in [-0.15, -0.1) is 0 Å². The molecule has 2 rings (SSSR count). The summed E-state index contributed by atoms with van der Waals surface area (Å²) in [6, 6.07) is 0. The van der Waals surface area contributed by atoms with Gasteiger partial charge in [0, 0.05) is 20.1 Å². The number of amides is 2. The lowest BCUT2D eigenvalue weighted by atomic mass is 9.76. The maximum Gasteiger partial charge on any atom is 0.242 e. The van der Waals surface area contributed by atoms with Gasteiger partial charge in [0.15, 0.2) is 0 Å². The van der Waals surface area contributed by atoms with Crippen LogP contribution in [-0.2, 0) is 9.59 Å². The van der Waals surface area contributed by atoms with Crippen molar-refractivity contribution < 1.29 is 9.59 Å². The minimum atomic E-state index is -0.645. The van der Waals surface area contributed by atoms with Gasteiger partial charge in [0.05, 0.1) is 11.0 Å². The van der Waals surface area contributed by atoms with Crippen LogP contribution in [0.1, 0.15) is 32.6 Å². The Bertz CT molecular complexity index is 352. The molecule has 0 aromatic carbocycles. The topological polar surface area (TPSA) is 75.4 Å². The van der Waals surface area contributed by atoms with Gasteiger partial charge in [-0.25, -0.2) is 0 Å². The molecule has 0 aromatic heterocycles. The number of carbonyl (C=O) groups is 2. The lowest BCUT2D eigenvalue weighted by molar-refractivity contribution is -0.140. The van der Waals surface area contributed by atoms with Gasteiger partial charge in [-0.3, -0.25) is 9.59 Å². The molecule has 0 bridgehead atoms. The van der Waals surface area contributed by atoms with Crippen LogP contribution in [0.3, 0.4) is 0 Å². The van der Waals surface area contributed by atoms with Crippen LogP contribution < -0.4 is 11.1 Å². The van der Waals surface area contributed by atoms with Gasteiger partial charge in [-0.05, 0) is 32.6 Å². The number of carbonyl (C=O) groups excluding carboxylic acids is 2. The molecule has 96 valence electrons. The van der Waals surface area contributed by atoms with E-state index >= 15 is 0 Å². The minimum Gasteiger partial charge on any atom is -0.359 e. The highest BCUT2D eigenvalue weighted by molar-refractivity contribution is 5.89.